The van der Waals surface area contributed by atoms with Gasteiger partial charge in [-0.2, -0.15) is 0 Å². The van der Waals surface area contributed by atoms with Crippen molar-refractivity contribution in [3.8, 4) is 0 Å². The fraction of sp³-hybridized carbons (Fsp3) is 0.593. The van der Waals surface area contributed by atoms with Gasteiger partial charge in [0, 0.05) is 44.8 Å². The number of carbonyl (C=O) groups is 2. The highest BCUT2D eigenvalue weighted by Gasteiger charge is 2.52. The molecule has 7 heteroatoms. The average Bonchev–Trinajstić information content (AvgIpc) is 3.94. The number of hydrogen-bond acceptors (Lipinski definition) is 5. The molecule has 332 valence electrons. The largest absolute Gasteiger partial charge is 0.458 e. The second-order valence-electron chi connectivity index (χ2n) is 19.8. The average molecular weight is 849 g/mol. The predicted octanol–water partition coefficient (Wildman–Crippen LogP) is 15.9. The van der Waals surface area contributed by atoms with Gasteiger partial charge in [-0.3, -0.25) is 19.4 Å². The molecule has 4 aliphatic heterocycles. The Bertz CT molecular complexity index is 2050. The summed E-state index contributed by atoms with van der Waals surface area (Å²) in [5.74, 6) is 2.55. The molecule has 6 nitrogen and oxygen atoms in total. The lowest BCUT2D eigenvalue weighted by molar-refractivity contribution is -0.122. The lowest BCUT2D eigenvalue weighted by atomic mass is 9.87. The van der Waals surface area contributed by atoms with Crippen molar-refractivity contribution in [2.24, 2.45) is 0 Å². The van der Waals surface area contributed by atoms with Crippen molar-refractivity contribution in [3.05, 3.63) is 87.6 Å². The summed E-state index contributed by atoms with van der Waals surface area (Å²) in [6, 6.07) is 0. The van der Waals surface area contributed by atoms with E-state index >= 15 is 0 Å². The number of hydrogen-bond donors (Lipinski definition) is 0. The van der Waals surface area contributed by atoms with Gasteiger partial charge in [0.1, 0.15) is 22.9 Å². The minimum Gasteiger partial charge on any atom is -0.458 e. The van der Waals surface area contributed by atoms with E-state index in [0.717, 1.165) is 65.2 Å². The summed E-state index contributed by atoms with van der Waals surface area (Å²) in [4.78, 5) is 33.6. The van der Waals surface area contributed by atoms with Crippen LogP contribution in [0.15, 0.2) is 51.1 Å². The molecule has 2 amide bonds. The Morgan fingerprint density at radius 3 is 1.44 bits per heavy atom. The Hall–Kier alpha value is -3.71. The van der Waals surface area contributed by atoms with E-state index in [-0.39, 0.29) is 22.0 Å². The minimum atomic E-state index is -0.245. The van der Waals surface area contributed by atoms with Gasteiger partial charge in [0.15, 0.2) is 11.5 Å². The van der Waals surface area contributed by atoms with Crippen LogP contribution in [0.5, 0.6) is 0 Å². The number of nitrogens with zero attached hydrogens (tertiary/aromatic N) is 2. The fourth-order valence-corrected chi connectivity index (χ4v) is 10.6. The molecule has 0 N–H and O–H groups in total. The summed E-state index contributed by atoms with van der Waals surface area (Å²) in [7, 11) is 0. The molecule has 0 aromatic carbocycles. The number of furan rings is 2. The van der Waals surface area contributed by atoms with Gasteiger partial charge in [-0.25, -0.2) is 0 Å². The van der Waals surface area contributed by atoms with Gasteiger partial charge in [-0.05, 0) is 43.9 Å². The molecule has 0 spiro atoms. The van der Waals surface area contributed by atoms with Crippen molar-refractivity contribution < 1.29 is 18.4 Å². The molecule has 0 saturated carbocycles. The Labute approximate surface area is 373 Å². The first-order chi connectivity index (χ1) is 29.3. The topological polar surface area (TPSA) is 66.9 Å². The van der Waals surface area contributed by atoms with Crippen LogP contribution >= 0.6 is 11.8 Å². The first kappa shape index (κ1) is 46.8. The Morgan fingerprint density at radius 1 is 0.607 bits per heavy atom. The molecule has 0 unspecified atom stereocenters. The lowest BCUT2D eigenvalue weighted by Gasteiger charge is -2.23. The molecule has 4 aliphatic rings. The van der Waals surface area contributed by atoms with Gasteiger partial charge >= 0.3 is 0 Å². The number of allylic oxidation sites excluding steroid dienone is 2. The molecule has 0 fully saturated rings. The lowest BCUT2D eigenvalue weighted by Crippen LogP contribution is -2.26. The van der Waals surface area contributed by atoms with Crippen LogP contribution in [0, 0.1) is 0 Å². The third kappa shape index (κ3) is 10.7. The van der Waals surface area contributed by atoms with E-state index in [9.17, 15) is 9.59 Å². The van der Waals surface area contributed by atoms with Crippen molar-refractivity contribution in [2.45, 2.75) is 207 Å². The summed E-state index contributed by atoms with van der Waals surface area (Å²) < 4.78 is 13.8. The maximum absolute atomic E-state index is 14.6. The summed E-state index contributed by atoms with van der Waals surface area (Å²) in [6.07, 6.45) is 38.9. The normalized spacial score (nSPS) is 16.0. The monoisotopic (exact) mass is 849 g/mol. The van der Waals surface area contributed by atoms with Gasteiger partial charge in [0.05, 0.1) is 16.1 Å². The van der Waals surface area contributed by atoms with E-state index in [1.165, 1.54) is 115 Å². The maximum atomic E-state index is 14.6. The number of unbranched alkanes of at least 4 members (excludes halogenated alkanes) is 18. The Morgan fingerprint density at radius 2 is 1.02 bits per heavy atom. The zero-order valence-corrected chi connectivity index (χ0v) is 40.0. The minimum absolute atomic E-state index is 0.0724. The molecule has 6 heterocycles. The van der Waals surface area contributed by atoms with E-state index in [1.807, 2.05) is 36.7 Å². The van der Waals surface area contributed by atoms with Crippen molar-refractivity contribution in [1.82, 2.24) is 9.80 Å². The first-order valence-corrected chi connectivity index (χ1v) is 25.0. The summed E-state index contributed by atoms with van der Waals surface area (Å²) in [5.41, 5.74) is 5.98. The molecule has 0 radical (unpaired) electrons. The molecule has 0 atom stereocenters. The molecular formula is C54H76N2O4S. The van der Waals surface area contributed by atoms with Crippen LogP contribution in [-0.2, 0) is 27.8 Å². The quantitative estimate of drug-likeness (QED) is 0.0735. The second-order valence-corrected chi connectivity index (χ2v) is 21.7. The molecule has 2 aromatic heterocycles. The standard InChI is InChI=1S/C54H76N2O4S/c1-10-13-15-17-19-21-23-25-27-29-32-38-39-34-36-55-45(48(39)59-47(38)42(31-12-3)61-54(7,8)9)43-44(52(55)58)46-49-40(35-37-56(46)51(43)57)41(50(60-49)53(4,5)6)33-30-28-26-24-22-20-18-16-14-11-2/h12,31,34-37H,3,10-11,13-30,32-33H2,1-2,4-9H3/b42-31-. The van der Waals surface area contributed by atoms with E-state index in [1.54, 1.807) is 21.6 Å². The van der Waals surface area contributed by atoms with Crippen LogP contribution in [0.2, 0.25) is 0 Å². The number of fused-ring (bicyclic) bond motifs is 7. The number of carbonyl (C=O) groups excluding carboxylic acids is 2. The van der Waals surface area contributed by atoms with Crippen LogP contribution in [-0.4, -0.2) is 26.4 Å². The van der Waals surface area contributed by atoms with Gasteiger partial charge in [-0.15, -0.1) is 11.8 Å². The molecule has 0 saturated heterocycles. The number of amides is 2. The molecule has 61 heavy (non-hydrogen) atoms. The highest BCUT2D eigenvalue weighted by molar-refractivity contribution is 8.09. The first-order valence-electron chi connectivity index (χ1n) is 24.2. The van der Waals surface area contributed by atoms with Gasteiger partial charge in [0.2, 0.25) is 0 Å². The van der Waals surface area contributed by atoms with Crippen LogP contribution in [0.3, 0.4) is 0 Å². The third-order valence-corrected chi connectivity index (χ3v) is 13.7. The van der Waals surface area contributed by atoms with E-state index in [4.69, 9.17) is 8.83 Å². The van der Waals surface area contributed by atoms with Gasteiger partial charge in [0.25, 0.3) is 11.8 Å². The Kier molecular flexibility index (Phi) is 16.2. The second kappa shape index (κ2) is 21.1. The summed E-state index contributed by atoms with van der Waals surface area (Å²) in [6.45, 7) is 21.8. The predicted molar refractivity (Wildman–Crippen MR) is 258 cm³/mol. The van der Waals surface area contributed by atoms with Crippen molar-refractivity contribution in [2.75, 3.05) is 0 Å². The SMILES string of the molecule is C=C/C=C(\SC(C)(C)C)c1oc2c(c1CCCCCCCCCCCC)C=CN1C(=O)C3=C4c5oc(C(C)(C)C)c(CCCCCCCCCCCC)c5C=CN4C(=O)C3=C21. The van der Waals surface area contributed by atoms with E-state index in [0.29, 0.717) is 34.1 Å². The zero-order chi connectivity index (χ0) is 43.7. The third-order valence-electron chi connectivity index (χ3n) is 12.5. The summed E-state index contributed by atoms with van der Waals surface area (Å²) >= 11 is 1.76. The van der Waals surface area contributed by atoms with Crippen LogP contribution in [0.4, 0.5) is 0 Å². The van der Waals surface area contributed by atoms with E-state index < -0.39 is 0 Å². The number of thioether (sulfide) groups is 1. The zero-order valence-electron chi connectivity index (χ0n) is 39.2. The van der Waals surface area contributed by atoms with E-state index in [2.05, 4.69) is 62.0 Å². The molecule has 0 bridgehead atoms. The van der Waals surface area contributed by atoms with Gasteiger partial charge < -0.3 is 8.83 Å². The van der Waals surface area contributed by atoms with Crippen molar-refractivity contribution >= 4 is 52.0 Å². The van der Waals surface area contributed by atoms with Crippen molar-refractivity contribution in [1.29, 1.82) is 0 Å². The molecule has 2 aromatic rings. The molecule has 0 aliphatic carbocycles. The summed E-state index contributed by atoms with van der Waals surface area (Å²) in [5, 5.41) is 0. The molecule has 6 rings (SSSR count). The van der Waals surface area contributed by atoms with Crippen LogP contribution < -0.4 is 0 Å². The van der Waals surface area contributed by atoms with Crippen LogP contribution in [0.25, 0.3) is 28.5 Å². The maximum Gasteiger partial charge on any atom is 0.265 e. The molecular weight excluding hydrogens is 773 g/mol. The van der Waals surface area contributed by atoms with Crippen molar-refractivity contribution in [3.63, 3.8) is 0 Å². The smallest absolute Gasteiger partial charge is 0.265 e. The van der Waals surface area contributed by atoms with Crippen LogP contribution in [0.1, 0.15) is 229 Å². The highest BCUT2D eigenvalue weighted by Crippen LogP contribution is 2.54. The Balaban J connectivity index is 1.30. The van der Waals surface area contributed by atoms with Gasteiger partial charge in [-0.1, -0.05) is 184 Å². The number of rotatable bonds is 25. The highest BCUT2D eigenvalue weighted by atomic mass is 32.2. The fourth-order valence-electron chi connectivity index (χ4n) is 9.50.